The number of nitrogens with zero attached hydrogens (tertiary/aromatic N) is 4. The molecule has 4 fully saturated rings. The minimum absolute atomic E-state index is 0.102. The van der Waals surface area contributed by atoms with Gasteiger partial charge in [-0.15, -0.1) is 0 Å². The molecule has 3 aliphatic heterocycles. The van der Waals surface area contributed by atoms with Crippen molar-refractivity contribution in [2.75, 3.05) is 64.4 Å². The van der Waals surface area contributed by atoms with Crippen LogP contribution >= 0.6 is 0 Å². The third-order valence-corrected chi connectivity index (χ3v) is 9.24. The fourth-order valence-corrected chi connectivity index (χ4v) is 7.59. The van der Waals surface area contributed by atoms with Crippen LogP contribution in [0.5, 0.6) is 0 Å². The van der Waals surface area contributed by atoms with E-state index in [0.29, 0.717) is 19.0 Å². The number of likely N-dealkylation sites (tertiary alicyclic amines) is 1. The maximum Gasteiger partial charge on any atom is 0.237 e. The molecular weight excluding hydrogens is 388 g/mol. The zero-order valence-corrected chi connectivity index (χ0v) is 18.8. The maximum atomic E-state index is 13.3. The Morgan fingerprint density at radius 2 is 1.66 bits per heavy atom. The molecule has 166 valence electrons. The van der Waals surface area contributed by atoms with Crippen molar-refractivity contribution in [2.24, 2.45) is 0 Å². The average molecular weight is 427 g/mol. The molecule has 0 aromatic rings. The summed E-state index contributed by atoms with van der Waals surface area (Å²) in [5.41, 5.74) is 0. The summed E-state index contributed by atoms with van der Waals surface area (Å²) in [7, 11) is -0.769. The van der Waals surface area contributed by atoms with Crippen LogP contribution < -0.4 is 0 Å². The zero-order valence-electron chi connectivity index (χ0n) is 18.0. The van der Waals surface area contributed by atoms with E-state index in [0.717, 1.165) is 58.4 Å². The van der Waals surface area contributed by atoms with Gasteiger partial charge in [0.15, 0.2) is 9.84 Å². The highest BCUT2D eigenvalue weighted by atomic mass is 32.2. The molecule has 0 bridgehead atoms. The van der Waals surface area contributed by atoms with Gasteiger partial charge in [0, 0.05) is 50.8 Å². The van der Waals surface area contributed by atoms with Crippen LogP contribution in [0.4, 0.5) is 0 Å². The monoisotopic (exact) mass is 426 g/mol. The van der Waals surface area contributed by atoms with Gasteiger partial charge in [-0.25, -0.2) is 8.42 Å². The van der Waals surface area contributed by atoms with Crippen LogP contribution in [-0.4, -0.2) is 116 Å². The molecule has 8 heteroatoms. The predicted molar refractivity (Wildman–Crippen MR) is 115 cm³/mol. The SMILES string of the molecule is CN1CCCC(N2CCN(CC(=O)N(C3CCCC3)C3CCS(=O)(=O)C3)CC2)C1. The van der Waals surface area contributed by atoms with Crippen molar-refractivity contribution in [3.8, 4) is 0 Å². The lowest BCUT2D eigenvalue weighted by Gasteiger charge is -2.43. The first-order valence-electron chi connectivity index (χ1n) is 11.6. The number of amides is 1. The smallest absolute Gasteiger partial charge is 0.237 e. The summed E-state index contributed by atoms with van der Waals surface area (Å²) < 4.78 is 24.1. The predicted octanol–water partition coefficient (Wildman–Crippen LogP) is 0.657. The third kappa shape index (κ3) is 5.32. The van der Waals surface area contributed by atoms with Crippen molar-refractivity contribution < 1.29 is 13.2 Å². The van der Waals surface area contributed by atoms with Gasteiger partial charge in [-0.2, -0.15) is 0 Å². The van der Waals surface area contributed by atoms with E-state index in [-0.39, 0.29) is 29.5 Å². The van der Waals surface area contributed by atoms with Gasteiger partial charge in [-0.1, -0.05) is 12.8 Å². The highest BCUT2D eigenvalue weighted by molar-refractivity contribution is 7.91. The quantitative estimate of drug-likeness (QED) is 0.644. The average Bonchev–Trinajstić information content (AvgIpc) is 3.33. The zero-order chi connectivity index (χ0) is 20.4. The number of carbonyl (C=O) groups is 1. The van der Waals surface area contributed by atoms with Gasteiger partial charge in [0.1, 0.15) is 0 Å². The van der Waals surface area contributed by atoms with Crippen LogP contribution in [-0.2, 0) is 14.6 Å². The molecule has 2 unspecified atom stereocenters. The van der Waals surface area contributed by atoms with Crippen molar-refractivity contribution in [3.05, 3.63) is 0 Å². The largest absolute Gasteiger partial charge is 0.335 e. The lowest BCUT2D eigenvalue weighted by Crippen LogP contribution is -2.57. The van der Waals surface area contributed by atoms with E-state index in [2.05, 4.69) is 21.7 Å². The van der Waals surface area contributed by atoms with Crippen molar-refractivity contribution in [2.45, 2.75) is 63.1 Å². The van der Waals surface area contributed by atoms with Crippen LogP contribution in [0, 0.1) is 0 Å². The fraction of sp³-hybridized carbons (Fsp3) is 0.952. The molecule has 1 aliphatic carbocycles. The second-order valence-electron chi connectivity index (χ2n) is 9.67. The second kappa shape index (κ2) is 9.20. The Balaban J connectivity index is 1.32. The van der Waals surface area contributed by atoms with Gasteiger partial charge >= 0.3 is 0 Å². The van der Waals surface area contributed by atoms with Crippen LogP contribution in [0.25, 0.3) is 0 Å². The van der Waals surface area contributed by atoms with E-state index >= 15 is 0 Å². The van der Waals surface area contributed by atoms with E-state index in [1.54, 1.807) is 0 Å². The molecule has 0 radical (unpaired) electrons. The molecule has 2 atom stereocenters. The standard InChI is InChI=1S/C21H38N4O3S/c1-22-9-4-7-19(15-22)24-12-10-23(11-13-24)16-21(26)25(18-5-2-3-6-18)20-8-14-29(27,28)17-20/h18-20H,2-17H2,1H3. The van der Waals surface area contributed by atoms with E-state index in [9.17, 15) is 13.2 Å². The number of rotatable bonds is 5. The Labute approximate surface area is 176 Å². The summed E-state index contributed by atoms with van der Waals surface area (Å²) in [5.74, 6) is 0.561. The lowest BCUT2D eigenvalue weighted by molar-refractivity contribution is -0.137. The first-order chi connectivity index (χ1) is 13.9. The molecule has 3 heterocycles. The number of likely N-dealkylation sites (N-methyl/N-ethyl adjacent to an activating group) is 1. The molecule has 3 saturated heterocycles. The summed E-state index contributed by atoms with van der Waals surface area (Å²) in [6.07, 6.45) is 7.56. The molecule has 7 nitrogen and oxygen atoms in total. The normalized spacial score (nSPS) is 32.6. The Kier molecular flexibility index (Phi) is 6.83. The Hall–Kier alpha value is -0.700. The molecule has 4 rings (SSSR count). The lowest BCUT2D eigenvalue weighted by atomic mass is 10.0. The first kappa shape index (κ1) is 21.5. The van der Waals surface area contributed by atoms with Crippen molar-refractivity contribution >= 4 is 15.7 Å². The van der Waals surface area contributed by atoms with E-state index in [1.807, 2.05) is 4.90 Å². The van der Waals surface area contributed by atoms with Gasteiger partial charge in [0.25, 0.3) is 0 Å². The molecule has 29 heavy (non-hydrogen) atoms. The molecule has 1 amide bonds. The fourth-order valence-electron chi connectivity index (χ4n) is 5.88. The topological polar surface area (TPSA) is 64.2 Å². The number of sulfone groups is 1. The third-order valence-electron chi connectivity index (χ3n) is 7.49. The number of hydrogen-bond donors (Lipinski definition) is 0. The molecule has 0 aromatic carbocycles. The molecule has 1 saturated carbocycles. The number of piperidine rings is 1. The summed E-state index contributed by atoms with van der Waals surface area (Å²) in [4.78, 5) is 22.6. The minimum Gasteiger partial charge on any atom is -0.335 e. The first-order valence-corrected chi connectivity index (χ1v) is 13.4. The number of hydrogen-bond acceptors (Lipinski definition) is 6. The summed E-state index contributed by atoms with van der Waals surface area (Å²) in [6.45, 7) is 6.76. The van der Waals surface area contributed by atoms with Crippen LogP contribution in [0.3, 0.4) is 0 Å². The van der Waals surface area contributed by atoms with E-state index < -0.39 is 9.84 Å². The van der Waals surface area contributed by atoms with Gasteiger partial charge < -0.3 is 9.80 Å². The summed E-state index contributed by atoms with van der Waals surface area (Å²) in [6, 6.07) is 0.805. The Morgan fingerprint density at radius 1 is 0.931 bits per heavy atom. The van der Waals surface area contributed by atoms with Crippen molar-refractivity contribution in [1.29, 1.82) is 0 Å². The molecule has 0 N–H and O–H groups in total. The van der Waals surface area contributed by atoms with Gasteiger partial charge in [0.2, 0.25) is 5.91 Å². The van der Waals surface area contributed by atoms with E-state index in [4.69, 9.17) is 0 Å². The van der Waals surface area contributed by atoms with Crippen molar-refractivity contribution in [3.63, 3.8) is 0 Å². The minimum atomic E-state index is -2.98. The maximum absolute atomic E-state index is 13.3. The number of piperazine rings is 1. The summed E-state index contributed by atoms with van der Waals surface area (Å²) >= 11 is 0. The van der Waals surface area contributed by atoms with Crippen LogP contribution in [0.2, 0.25) is 0 Å². The molecule has 0 aromatic heterocycles. The highest BCUT2D eigenvalue weighted by Gasteiger charge is 2.39. The number of carbonyl (C=O) groups excluding carboxylic acids is 1. The molecule has 0 spiro atoms. The van der Waals surface area contributed by atoms with Crippen LogP contribution in [0.1, 0.15) is 44.9 Å². The Morgan fingerprint density at radius 3 is 2.28 bits per heavy atom. The Bertz CT molecular complexity index is 671. The van der Waals surface area contributed by atoms with Crippen LogP contribution in [0.15, 0.2) is 0 Å². The van der Waals surface area contributed by atoms with Gasteiger partial charge in [-0.3, -0.25) is 14.6 Å². The second-order valence-corrected chi connectivity index (χ2v) is 11.9. The van der Waals surface area contributed by atoms with Crippen molar-refractivity contribution in [1.82, 2.24) is 19.6 Å². The summed E-state index contributed by atoms with van der Waals surface area (Å²) in [5, 5.41) is 0. The van der Waals surface area contributed by atoms with Gasteiger partial charge in [-0.05, 0) is 45.7 Å². The molecule has 4 aliphatic rings. The highest BCUT2D eigenvalue weighted by Crippen LogP contribution is 2.29. The molecular formula is C21H38N4O3S. The van der Waals surface area contributed by atoms with Gasteiger partial charge in [0.05, 0.1) is 18.1 Å². The van der Waals surface area contributed by atoms with E-state index in [1.165, 1.54) is 19.4 Å².